The van der Waals surface area contributed by atoms with E-state index in [0.29, 0.717) is 19.1 Å². The summed E-state index contributed by atoms with van der Waals surface area (Å²) in [6, 6.07) is 8.59. The Morgan fingerprint density at radius 2 is 2.07 bits per heavy atom. The fourth-order valence-corrected chi connectivity index (χ4v) is 4.71. The van der Waals surface area contributed by atoms with Gasteiger partial charge < -0.3 is 24.4 Å². The van der Waals surface area contributed by atoms with Gasteiger partial charge in [-0.15, -0.1) is 0 Å². The van der Waals surface area contributed by atoms with E-state index in [-0.39, 0.29) is 5.41 Å². The molecule has 0 spiro atoms. The number of rotatable bonds is 9. The van der Waals surface area contributed by atoms with Crippen molar-refractivity contribution < 1.29 is 14.2 Å². The highest BCUT2D eigenvalue weighted by Crippen LogP contribution is 2.41. The summed E-state index contributed by atoms with van der Waals surface area (Å²) in [7, 11) is 5.33. The van der Waals surface area contributed by atoms with Gasteiger partial charge in [-0.25, -0.2) is 0 Å². The standard InChI is InChI=1S/C23H37N3O3/c1-24-22(26-12-9-19(16-26)17-29-14-13-27-2)25-18-23(10-4-5-11-23)20-7-6-8-21(15-20)28-3/h6-8,15,19H,4-5,9-14,16-18H2,1-3H3,(H,24,25). The van der Waals surface area contributed by atoms with Gasteiger partial charge in [0.1, 0.15) is 5.75 Å². The fraction of sp³-hybridized carbons (Fsp3) is 0.696. The highest BCUT2D eigenvalue weighted by Gasteiger charge is 2.36. The molecule has 1 atom stereocenters. The Bertz CT molecular complexity index is 659. The second kappa shape index (κ2) is 10.8. The molecule has 29 heavy (non-hydrogen) atoms. The van der Waals surface area contributed by atoms with E-state index >= 15 is 0 Å². The van der Waals surface area contributed by atoms with E-state index in [4.69, 9.17) is 14.2 Å². The molecule has 1 aromatic rings. The number of methoxy groups -OCH3 is 2. The maximum Gasteiger partial charge on any atom is 0.193 e. The van der Waals surface area contributed by atoms with Crippen molar-refractivity contribution in [1.82, 2.24) is 10.2 Å². The van der Waals surface area contributed by atoms with Crippen molar-refractivity contribution in [3.63, 3.8) is 0 Å². The molecule has 1 saturated heterocycles. The molecule has 2 aliphatic rings. The van der Waals surface area contributed by atoms with Crippen LogP contribution in [0, 0.1) is 5.92 Å². The summed E-state index contributed by atoms with van der Waals surface area (Å²) in [6.07, 6.45) is 6.12. The van der Waals surface area contributed by atoms with Crippen LogP contribution >= 0.6 is 0 Å². The zero-order chi connectivity index (χ0) is 20.5. The third-order valence-corrected chi connectivity index (χ3v) is 6.41. The second-order valence-corrected chi connectivity index (χ2v) is 8.29. The summed E-state index contributed by atoms with van der Waals surface area (Å²) in [6.45, 7) is 5.07. The topological polar surface area (TPSA) is 55.3 Å². The first-order valence-corrected chi connectivity index (χ1v) is 10.9. The summed E-state index contributed by atoms with van der Waals surface area (Å²) in [5.74, 6) is 2.51. The minimum absolute atomic E-state index is 0.160. The Morgan fingerprint density at radius 3 is 2.79 bits per heavy atom. The lowest BCUT2D eigenvalue weighted by molar-refractivity contribution is 0.0536. The van der Waals surface area contributed by atoms with Gasteiger partial charge in [0.15, 0.2) is 5.96 Å². The Morgan fingerprint density at radius 1 is 1.24 bits per heavy atom. The van der Waals surface area contributed by atoms with Gasteiger partial charge in [-0.05, 0) is 37.0 Å². The molecule has 1 N–H and O–H groups in total. The number of hydrogen-bond donors (Lipinski definition) is 1. The monoisotopic (exact) mass is 403 g/mol. The molecule has 6 heteroatoms. The number of benzene rings is 1. The normalized spacial score (nSPS) is 21.6. The summed E-state index contributed by atoms with van der Waals surface area (Å²) in [5, 5.41) is 3.70. The SMILES string of the molecule is CN=C(NCC1(c2cccc(OC)c2)CCCC1)N1CCC(COCCOC)C1. The van der Waals surface area contributed by atoms with Crippen LogP contribution in [0.15, 0.2) is 29.3 Å². The summed E-state index contributed by atoms with van der Waals surface area (Å²) >= 11 is 0. The third kappa shape index (κ3) is 5.64. The lowest BCUT2D eigenvalue weighted by Gasteiger charge is -2.32. The first-order valence-electron chi connectivity index (χ1n) is 10.9. The zero-order valence-corrected chi connectivity index (χ0v) is 18.3. The lowest BCUT2D eigenvalue weighted by atomic mass is 9.78. The molecule has 1 heterocycles. The Kier molecular flexibility index (Phi) is 8.19. The average molecular weight is 404 g/mol. The largest absolute Gasteiger partial charge is 0.497 e. The highest BCUT2D eigenvalue weighted by molar-refractivity contribution is 5.80. The lowest BCUT2D eigenvalue weighted by Crippen LogP contribution is -2.46. The van der Waals surface area contributed by atoms with Crippen molar-refractivity contribution in [2.45, 2.75) is 37.5 Å². The van der Waals surface area contributed by atoms with Gasteiger partial charge in [-0.1, -0.05) is 25.0 Å². The van der Waals surface area contributed by atoms with Crippen LogP contribution in [0.1, 0.15) is 37.7 Å². The zero-order valence-electron chi connectivity index (χ0n) is 18.3. The summed E-state index contributed by atoms with van der Waals surface area (Å²) in [4.78, 5) is 6.95. The molecule has 1 aromatic carbocycles. The predicted octanol–water partition coefficient (Wildman–Crippen LogP) is 3.07. The minimum Gasteiger partial charge on any atom is -0.497 e. The van der Waals surface area contributed by atoms with E-state index in [1.165, 1.54) is 31.2 Å². The molecule has 6 nitrogen and oxygen atoms in total. The Balaban J connectivity index is 1.57. The van der Waals surface area contributed by atoms with Crippen molar-refractivity contribution in [2.75, 3.05) is 60.7 Å². The van der Waals surface area contributed by atoms with Crippen LogP contribution in [0.2, 0.25) is 0 Å². The third-order valence-electron chi connectivity index (χ3n) is 6.41. The molecule has 0 amide bonds. The van der Waals surface area contributed by atoms with Crippen LogP contribution in [-0.2, 0) is 14.9 Å². The van der Waals surface area contributed by atoms with Gasteiger partial charge in [0.25, 0.3) is 0 Å². The van der Waals surface area contributed by atoms with Crippen molar-refractivity contribution in [1.29, 1.82) is 0 Å². The molecule has 1 aliphatic carbocycles. The second-order valence-electron chi connectivity index (χ2n) is 8.29. The van der Waals surface area contributed by atoms with Gasteiger partial charge in [0.2, 0.25) is 0 Å². The molecular weight excluding hydrogens is 366 g/mol. The smallest absolute Gasteiger partial charge is 0.193 e. The number of aliphatic imine (C=N–C) groups is 1. The maximum absolute atomic E-state index is 5.73. The molecule has 2 fully saturated rings. The number of nitrogens with one attached hydrogen (secondary N) is 1. The van der Waals surface area contributed by atoms with Crippen LogP contribution in [0.5, 0.6) is 5.75 Å². The van der Waals surface area contributed by atoms with E-state index in [9.17, 15) is 0 Å². The van der Waals surface area contributed by atoms with Crippen molar-refractivity contribution in [2.24, 2.45) is 10.9 Å². The van der Waals surface area contributed by atoms with Gasteiger partial charge in [0, 0.05) is 45.1 Å². The van der Waals surface area contributed by atoms with Crippen LogP contribution in [0.3, 0.4) is 0 Å². The fourth-order valence-electron chi connectivity index (χ4n) is 4.71. The van der Waals surface area contributed by atoms with Gasteiger partial charge in [0.05, 0.1) is 26.9 Å². The van der Waals surface area contributed by atoms with Gasteiger partial charge >= 0.3 is 0 Å². The highest BCUT2D eigenvalue weighted by atomic mass is 16.5. The Hall–Kier alpha value is -1.79. The van der Waals surface area contributed by atoms with E-state index < -0.39 is 0 Å². The van der Waals surface area contributed by atoms with Gasteiger partial charge in [-0.3, -0.25) is 4.99 Å². The number of ether oxygens (including phenoxy) is 3. The maximum atomic E-state index is 5.73. The van der Waals surface area contributed by atoms with E-state index in [1.807, 2.05) is 13.1 Å². The summed E-state index contributed by atoms with van der Waals surface area (Å²) in [5.41, 5.74) is 1.54. The van der Waals surface area contributed by atoms with Crippen LogP contribution in [0.25, 0.3) is 0 Å². The van der Waals surface area contributed by atoms with Crippen LogP contribution < -0.4 is 10.1 Å². The number of likely N-dealkylation sites (tertiary alicyclic amines) is 1. The van der Waals surface area contributed by atoms with E-state index in [1.54, 1.807) is 14.2 Å². The van der Waals surface area contributed by atoms with Crippen molar-refractivity contribution in [3.05, 3.63) is 29.8 Å². The molecule has 1 unspecified atom stereocenters. The van der Waals surface area contributed by atoms with Crippen LogP contribution in [0.4, 0.5) is 0 Å². The molecule has 1 aliphatic heterocycles. The first kappa shape index (κ1) is 21.9. The number of hydrogen-bond acceptors (Lipinski definition) is 4. The molecule has 3 rings (SSSR count). The predicted molar refractivity (Wildman–Crippen MR) is 117 cm³/mol. The molecule has 1 saturated carbocycles. The Labute approximate surface area is 175 Å². The van der Waals surface area contributed by atoms with Gasteiger partial charge in [-0.2, -0.15) is 0 Å². The van der Waals surface area contributed by atoms with E-state index in [0.717, 1.165) is 44.4 Å². The molecule has 162 valence electrons. The molecule has 0 aromatic heterocycles. The molecule has 0 bridgehead atoms. The average Bonchev–Trinajstić information content (AvgIpc) is 3.43. The quantitative estimate of drug-likeness (QED) is 0.390. The molecule has 0 radical (unpaired) electrons. The van der Waals surface area contributed by atoms with E-state index in [2.05, 4.69) is 33.4 Å². The van der Waals surface area contributed by atoms with Crippen molar-refractivity contribution >= 4 is 5.96 Å². The first-order chi connectivity index (χ1) is 14.2. The number of nitrogens with zero attached hydrogens (tertiary/aromatic N) is 2. The minimum atomic E-state index is 0.160. The number of guanidine groups is 1. The van der Waals surface area contributed by atoms with Crippen LogP contribution in [-0.4, -0.2) is 71.6 Å². The molecular formula is C23H37N3O3. The summed E-state index contributed by atoms with van der Waals surface area (Å²) < 4.78 is 16.3. The van der Waals surface area contributed by atoms with Crippen molar-refractivity contribution in [3.8, 4) is 5.75 Å².